The largest absolute Gasteiger partial charge is 0.573 e. The van der Waals surface area contributed by atoms with Crippen LogP contribution in [0, 0.1) is 0 Å². The summed E-state index contributed by atoms with van der Waals surface area (Å²) in [5.74, 6) is -0.283. The molecule has 2 heterocycles. The third-order valence-electron chi connectivity index (χ3n) is 3.58. The van der Waals surface area contributed by atoms with Gasteiger partial charge in [-0.25, -0.2) is 4.98 Å². The summed E-state index contributed by atoms with van der Waals surface area (Å²) in [6, 6.07) is 10.4. The van der Waals surface area contributed by atoms with Crippen LogP contribution in [-0.2, 0) is 6.54 Å². The molecule has 0 aliphatic carbocycles. The molecular weight excluding hydrogens is 361 g/mol. The summed E-state index contributed by atoms with van der Waals surface area (Å²) in [5.41, 5.74) is 0.776. The Kier molecular flexibility index (Phi) is 5.39. The molecule has 140 valence electrons. The Morgan fingerprint density at radius 3 is 2.70 bits per heavy atom. The lowest BCUT2D eigenvalue weighted by molar-refractivity contribution is -0.274. The van der Waals surface area contributed by atoms with Gasteiger partial charge >= 0.3 is 6.36 Å². The van der Waals surface area contributed by atoms with Gasteiger partial charge in [-0.15, -0.1) is 13.2 Å². The van der Waals surface area contributed by atoms with Gasteiger partial charge in [0.1, 0.15) is 11.4 Å². The minimum absolute atomic E-state index is 0.0762. The topological polar surface area (TPSA) is 69.0 Å². The number of rotatable bonds is 6. The van der Waals surface area contributed by atoms with E-state index in [1.165, 1.54) is 12.1 Å². The Labute approximate surface area is 152 Å². The second-order valence-electron chi connectivity index (χ2n) is 5.49. The summed E-state index contributed by atoms with van der Waals surface area (Å²) < 4.78 is 42.5. The van der Waals surface area contributed by atoms with Crippen molar-refractivity contribution in [2.45, 2.75) is 12.9 Å². The van der Waals surface area contributed by atoms with E-state index in [2.05, 4.69) is 20.0 Å². The van der Waals surface area contributed by atoms with E-state index < -0.39 is 18.0 Å². The second kappa shape index (κ2) is 7.90. The fourth-order valence-corrected chi connectivity index (χ4v) is 2.44. The number of ether oxygens (including phenoxy) is 1. The van der Waals surface area contributed by atoms with Crippen molar-refractivity contribution in [2.75, 3.05) is 6.54 Å². The summed E-state index contributed by atoms with van der Waals surface area (Å²) >= 11 is 0. The van der Waals surface area contributed by atoms with Crippen LogP contribution in [0.15, 0.2) is 61.1 Å². The van der Waals surface area contributed by atoms with Gasteiger partial charge in [-0.1, -0.05) is 12.1 Å². The van der Waals surface area contributed by atoms with Gasteiger partial charge in [0.15, 0.2) is 5.82 Å². The van der Waals surface area contributed by atoms with Gasteiger partial charge < -0.3 is 14.6 Å². The van der Waals surface area contributed by atoms with Crippen molar-refractivity contribution in [3.63, 3.8) is 0 Å². The summed E-state index contributed by atoms with van der Waals surface area (Å²) in [4.78, 5) is 20.6. The van der Waals surface area contributed by atoms with Gasteiger partial charge in [0.25, 0.3) is 5.91 Å². The molecule has 1 N–H and O–H groups in total. The molecule has 0 unspecified atom stereocenters. The average molecular weight is 376 g/mol. The fraction of sp³-hybridized carbons (Fsp3) is 0.167. The molecular formula is C18H15F3N4O2. The standard InChI is InChI=1S/C18H15F3N4O2/c19-18(20,21)27-14-5-3-4-13(12-14)17(26)24-9-11-25-10-8-23-16(25)15-6-1-2-7-22-15/h1-8,10,12H,9,11H2,(H,24,26). The molecule has 0 aliphatic heterocycles. The molecule has 9 heteroatoms. The Hall–Kier alpha value is -3.36. The van der Waals surface area contributed by atoms with Crippen molar-refractivity contribution in [3.05, 3.63) is 66.6 Å². The van der Waals surface area contributed by atoms with E-state index in [1.807, 2.05) is 16.7 Å². The number of pyridine rings is 1. The molecule has 0 bridgehead atoms. The van der Waals surface area contributed by atoms with Crippen molar-refractivity contribution >= 4 is 5.91 Å². The first-order valence-electron chi connectivity index (χ1n) is 7.99. The first-order chi connectivity index (χ1) is 12.9. The maximum Gasteiger partial charge on any atom is 0.573 e. The van der Waals surface area contributed by atoms with Crippen LogP contribution in [0.25, 0.3) is 11.5 Å². The molecule has 0 saturated heterocycles. The predicted octanol–water partition coefficient (Wildman–Crippen LogP) is 3.27. The zero-order valence-electron chi connectivity index (χ0n) is 14.0. The fourth-order valence-electron chi connectivity index (χ4n) is 2.44. The number of hydrogen-bond acceptors (Lipinski definition) is 4. The van der Waals surface area contributed by atoms with Crippen molar-refractivity contribution in [1.82, 2.24) is 19.9 Å². The summed E-state index contributed by atoms with van der Waals surface area (Å²) in [7, 11) is 0. The van der Waals surface area contributed by atoms with Gasteiger partial charge in [0, 0.05) is 37.2 Å². The number of imidazole rings is 1. The lowest BCUT2D eigenvalue weighted by Crippen LogP contribution is -2.27. The molecule has 0 fully saturated rings. The van der Waals surface area contributed by atoms with Crippen molar-refractivity contribution in [3.8, 4) is 17.3 Å². The number of hydrogen-bond donors (Lipinski definition) is 1. The first-order valence-corrected chi connectivity index (χ1v) is 7.99. The van der Waals surface area contributed by atoms with Crippen LogP contribution < -0.4 is 10.1 Å². The highest BCUT2D eigenvalue weighted by molar-refractivity contribution is 5.94. The highest BCUT2D eigenvalue weighted by atomic mass is 19.4. The maximum atomic E-state index is 12.3. The van der Waals surface area contributed by atoms with Crippen molar-refractivity contribution in [2.24, 2.45) is 0 Å². The van der Waals surface area contributed by atoms with E-state index in [0.29, 0.717) is 18.1 Å². The minimum atomic E-state index is -4.81. The number of alkyl halides is 3. The molecule has 0 aliphatic rings. The molecule has 6 nitrogen and oxygen atoms in total. The van der Waals surface area contributed by atoms with E-state index >= 15 is 0 Å². The quantitative estimate of drug-likeness (QED) is 0.717. The zero-order valence-corrected chi connectivity index (χ0v) is 14.0. The monoisotopic (exact) mass is 376 g/mol. The van der Waals surface area contributed by atoms with Crippen LogP contribution >= 0.6 is 0 Å². The smallest absolute Gasteiger partial charge is 0.406 e. The Balaban J connectivity index is 1.60. The number of aromatic nitrogens is 3. The zero-order chi connectivity index (χ0) is 19.3. The van der Waals surface area contributed by atoms with Crippen molar-refractivity contribution < 1.29 is 22.7 Å². The Morgan fingerprint density at radius 1 is 1.11 bits per heavy atom. The molecule has 0 spiro atoms. The molecule has 0 radical (unpaired) electrons. The van der Waals surface area contributed by atoms with E-state index in [-0.39, 0.29) is 12.1 Å². The van der Waals surface area contributed by atoms with Crippen LogP contribution in [0.2, 0.25) is 0 Å². The molecule has 3 rings (SSSR count). The van der Waals surface area contributed by atoms with Crippen LogP contribution in [0.3, 0.4) is 0 Å². The number of carbonyl (C=O) groups is 1. The van der Waals surface area contributed by atoms with Crippen LogP contribution in [-0.4, -0.2) is 33.3 Å². The van der Waals surface area contributed by atoms with Crippen LogP contribution in [0.5, 0.6) is 5.75 Å². The van der Waals surface area contributed by atoms with Gasteiger partial charge in [0.2, 0.25) is 0 Å². The average Bonchev–Trinajstić information content (AvgIpc) is 3.10. The number of benzene rings is 1. The van der Waals surface area contributed by atoms with Gasteiger partial charge in [0.05, 0.1) is 0 Å². The van der Waals surface area contributed by atoms with E-state index in [4.69, 9.17) is 0 Å². The summed E-state index contributed by atoms with van der Waals surface area (Å²) in [5, 5.41) is 2.66. The predicted molar refractivity (Wildman–Crippen MR) is 90.9 cm³/mol. The normalized spacial score (nSPS) is 11.2. The van der Waals surface area contributed by atoms with Crippen LogP contribution in [0.1, 0.15) is 10.4 Å². The first kappa shape index (κ1) is 18.4. The highest BCUT2D eigenvalue weighted by Gasteiger charge is 2.31. The SMILES string of the molecule is O=C(NCCn1ccnc1-c1ccccn1)c1cccc(OC(F)(F)F)c1. The minimum Gasteiger partial charge on any atom is -0.406 e. The number of nitrogens with one attached hydrogen (secondary N) is 1. The van der Waals surface area contributed by atoms with Gasteiger partial charge in [-0.3, -0.25) is 9.78 Å². The van der Waals surface area contributed by atoms with Crippen LogP contribution in [0.4, 0.5) is 13.2 Å². The molecule has 0 atom stereocenters. The molecule has 27 heavy (non-hydrogen) atoms. The summed E-state index contributed by atoms with van der Waals surface area (Å²) in [6.07, 6.45) is 0.238. The number of carbonyl (C=O) groups excluding carboxylic acids is 1. The van der Waals surface area contributed by atoms with Gasteiger partial charge in [-0.05, 0) is 30.3 Å². The molecule has 0 saturated carbocycles. The lowest BCUT2D eigenvalue weighted by Gasteiger charge is -2.11. The molecule has 1 amide bonds. The Morgan fingerprint density at radius 2 is 1.96 bits per heavy atom. The molecule has 3 aromatic rings. The third-order valence-corrected chi connectivity index (χ3v) is 3.58. The number of halogens is 3. The highest BCUT2D eigenvalue weighted by Crippen LogP contribution is 2.23. The summed E-state index contributed by atoms with van der Waals surface area (Å²) in [6.45, 7) is 0.690. The molecule has 2 aromatic heterocycles. The van der Waals surface area contributed by atoms with Crippen molar-refractivity contribution in [1.29, 1.82) is 0 Å². The van der Waals surface area contributed by atoms with E-state index in [9.17, 15) is 18.0 Å². The number of nitrogens with zero attached hydrogens (tertiary/aromatic N) is 3. The van der Waals surface area contributed by atoms with E-state index in [1.54, 1.807) is 24.7 Å². The molecule has 1 aromatic carbocycles. The Bertz CT molecular complexity index is 910. The lowest BCUT2D eigenvalue weighted by atomic mass is 10.2. The van der Waals surface area contributed by atoms with E-state index in [0.717, 1.165) is 12.1 Å². The maximum absolute atomic E-state index is 12.3. The van der Waals surface area contributed by atoms with Gasteiger partial charge in [-0.2, -0.15) is 0 Å². The third kappa shape index (κ3) is 5.06. The second-order valence-corrected chi connectivity index (χ2v) is 5.49. The number of amides is 1.